The number of nitrogens with one attached hydrogen (secondary N) is 2. The van der Waals surface area contributed by atoms with Gasteiger partial charge in [-0.05, 0) is 58.3 Å². The van der Waals surface area contributed by atoms with E-state index in [1.807, 2.05) is 11.8 Å². The summed E-state index contributed by atoms with van der Waals surface area (Å²) in [5.74, 6) is -0.127. The number of hydrogen-bond acceptors (Lipinski definition) is 5. The molecule has 0 aliphatic carbocycles. The van der Waals surface area contributed by atoms with E-state index in [0.29, 0.717) is 44.1 Å². The van der Waals surface area contributed by atoms with Crippen LogP contribution in [0.4, 0.5) is 5.69 Å². The maximum atomic E-state index is 12.3. The first kappa shape index (κ1) is 22.0. The molecule has 1 aliphatic heterocycles. The van der Waals surface area contributed by atoms with Gasteiger partial charge in [0.2, 0.25) is 11.8 Å². The van der Waals surface area contributed by atoms with Crippen LogP contribution in [0, 0.1) is 5.92 Å². The van der Waals surface area contributed by atoms with Gasteiger partial charge in [-0.3, -0.25) is 19.3 Å². The van der Waals surface area contributed by atoms with Crippen molar-refractivity contribution in [1.82, 2.24) is 10.2 Å². The van der Waals surface area contributed by atoms with Gasteiger partial charge in [0.25, 0.3) is 0 Å². The molecular formula is C21H31N3O4. The predicted molar refractivity (Wildman–Crippen MR) is 108 cm³/mol. The van der Waals surface area contributed by atoms with E-state index < -0.39 is 0 Å². The van der Waals surface area contributed by atoms with Crippen molar-refractivity contribution in [2.45, 2.75) is 33.1 Å². The molecule has 154 valence electrons. The average Bonchev–Trinajstić information content (AvgIpc) is 2.68. The van der Waals surface area contributed by atoms with Crippen LogP contribution < -0.4 is 10.6 Å². The number of hydrogen-bond donors (Lipinski definition) is 2. The molecule has 0 aromatic heterocycles. The van der Waals surface area contributed by atoms with E-state index in [0.717, 1.165) is 19.3 Å². The fourth-order valence-corrected chi connectivity index (χ4v) is 3.32. The van der Waals surface area contributed by atoms with Crippen molar-refractivity contribution in [3.05, 3.63) is 29.8 Å². The summed E-state index contributed by atoms with van der Waals surface area (Å²) < 4.78 is 5.26. The molecule has 0 saturated carbocycles. The van der Waals surface area contributed by atoms with E-state index in [9.17, 15) is 14.4 Å². The van der Waals surface area contributed by atoms with Gasteiger partial charge in [-0.25, -0.2) is 0 Å². The maximum absolute atomic E-state index is 12.3. The number of carbonyl (C=O) groups excluding carboxylic acids is 3. The van der Waals surface area contributed by atoms with Crippen molar-refractivity contribution in [2.75, 3.05) is 44.7 Å². The second kappa shape index (κ2) is 11.6. The van der Waals surface area contributed by atoms with Crippen LogP contribution in [0.1, 0.15) is 43.5 Å². The van der Waals surface area contributed by atoms with Crippen molar-refractivity contribution >= 4 is 23.3 Å². The highest BCUT2D eigenvalue weighted by Crippen LogP contribution is 2.18. The van der Waals surface area contributed by atoms with Crippen LogP contribution in [0.2, 0.25) is 0 Å². The lowest BCUT2D eigenvalue weighted by molar-refractivity contribution is -0.126. The van der Waals surface area contributed by atoms with Gasteiger partial charge < -0.3 is 15.4 Å². The molecule has 7 nitrogen and oxygen atoms in total. The molecule has 2 amide bonds. The number of Topliss-reactive ketones (excluding diaryl/α,β-unsaturated/α-hetero) is 1. The molecule has 1 fully saturated rings. The Morgan fingerprint density at radius 1 is 1.18 bits per heavy atom. The normalized spacial score (nSPS) is 15.2. The minimum atomic E-state index is -0.146. The van der Waals surface area contributed by atoms with Gasteiger partial charge in [-0.15, -0.1) is 0 Å². The molecule has 0 spiro atoms. The molecule has 2 N–H and O–H groups in total. The van der Waals surface area contributed by atoms with Gasteiger partial charge >= 0.3 is 0 Å². The summed E-state index contributed by atoms with van der Waals surface area (Å²) >= 11 is 0. The second-order valence-corrected chi connectivity index (χ2v) is 7.04. The van der Waals surface area contributed by atoms with E-state index in [1.165, 1.54) is 6.92 Å². The zero-order valence-electron chi connectivity index (χ0n) is 16.8. The largest absolute Gasteiger partial charge is 0.382 e. The summed E-state index contributed by atoms with van der Waals surface area (Å²) in [7, 11) is 0. The van der Waals surface area contributed by atoms with Crippen LogP contribution in [0.3, 0.4) is 0 Å². The topological polar surface area (TPSA) is 87.7 Å². The van der Waals surface area contributed by atoms with Gasteiger partial charge in [-0.2, -0.15) is 0 Å². The lowest BCUT2D eigenvalue weighted by atomic mass is 9.96. The van der Waals surface area contributed by atoms with Gasteiger partial charge in [0.1, 0.15) is 0 Å². The first-order chi connectivity index (χ1) is 13.5. The third-order valence-electron chi connectivity index (χ3n) is 4.87. The molecular weight excluding hydrogens is 358 g/mol. The number of para-hydroxylation sites is 1. The molecule has 1 heterocycles. The number of ether oxygens (including phenoxy) is 1. The Labute approximate surface area is 166 Å². The zero-order valence-corrected chi connectivity index (χ0v) is 16.8. The predicted octanol–water partition coefficient (Wildman–Crippen LogP) is 2.08. The quantitative estimate of drug-likeness (QED) is 0.473. The smallest absolute Gasteiger partial charge is 0.238 e. The first-order valence-electron chi connectivity index (χ1n) is 9.99. The van der Waals surface area contributed by atoms with Gasteiger partial charge in [0.15, 0.2) is 5.78 Å². The van der Waals surface area contributed by atoms with E-state index in [2.05, 4.69) is 10.6 Å². The summed E-state index contributed by atoms with van der Waals surface area (Å²) in [6, 6.07) is 7.01. The Morgan fingerprint density at radius 2 is 1.89 bits per heavy atom. The Morgan fingerprint density at radius 3 is 2.57 bits per heavy atom. The van der Waals surface area contributed by atoms with Crippen LogP contribution in [-0.2, 0) is 14.3 Å². The number of ketones is 1. The first-order valence-corrected chi connectivity index (χ1v) is 9.99. The van der Waals surface area contributed by atoms with Gasteiger partial charge in [0, 0.05) is 31.2 Å². The molecule has 1 aromatic carbocycles. The van der Waals surface area contributed by atoms with E-state index in [4.69, 9.17) is 4.74 Å². The van der Waals surface area contributed by atoms with Crippen molar-refractivity contribution in [2.24, 2.45) is 5.92 Å². The standard InChI is InChI=1S/C21H31N3O4/c1-3-28-14-6-11-22-21(27)17-9-12-24(13-10-17)15-20(26)23-19-8-5-4-7-18(19)16(2)25/h4-5,7-8,17H,3,6,9-15H2,1-2H3,(H,22,27)(H,23,26). The molecule has 2 rings (SSSR count). The molecule has 0 bridgehead atoms. The molecule has 0 unspecified atom stereocenters. The number of anilines is 1. The second-order valence-electron chi connectivity index (χ2n) is 7.04. The third-order valence-corrected chi connectivity index (χ3v) is 4.87. The number of piperidine rings is 1. The molecule has 28 heavy (non-hydrogen) atoms. The van der Waals surface area contributed by atoms with Crippen LogP contribution >= 0.6 is 0 Å². The number of likely N-dealkylation sites (tertiary alicyclic amines) is 1. The van der Waals surface area contributed by atoms with Crippen LogP contribution in [-0.4, -0.2) is 61.9 Å². The SMILES string of the molecule is CCOCCCNC(=O)C1CCN(CC(=O)Nc2ccccc2C(C)=O)CC1. The highest BCUT2D eigenvalue weighted by atomic mass is 16.5. The minimum Gasteiger partial charge on any atom is -0.382 e. The van der Waals surface area contributed by atoms with Crippen molar-refractivity contribution < 1.29 is 19.1 Å². The average molecular weight is 389 g/mol. The van der Waals surface area contributed by atoms with Crippen LogP contribution in [0.25, 0.3) is 0 Å². The minimum absolute atomic E-state index is 0.00448. The lowest BCUT2D eigenvalue weighted by Gasteiger charge is -2.30. The molecule has 1 aliphatic rings. The summed E-state index contributed by atoms with van der Waals surface area (Å²) in [5.41, 5.74) is 1.05. The molecule has 7 heteroatoms. The molecule has 0 radical (unpaired) electrons. The van der Waals surface area contributed by atoms with E-state index >= 15 is 0 Å². The number of benzene rings is 1. The Balaban J connectivity index is 1.71. The van der Waals surface area contributed by atoms with Gasteiger partial charge in [-0.1, -0.05) is 12.1 Å². The highest BCUT2D eigenvalue weighted by Gasteiger charge is 2.25. The monoisotopic (exact) mass is 389 g/mol. The lowest BCUT2D eigenvalue weighted by Crippen LogP contribution is -2.43. The Hall–Kier alpha value is -2.25. The Kier molecular flexibility index (Phi) is 9.10. The van der Waals surface area contributed by atoms with Crippen LogP contribution in [0.15, 0.2) is 24.3 Å². The van der Waals surface area contributed by atoms with Crippen molar-refractivity contribution in [3.63, 3.8) is 0 Å². The summed E-state index contributed by atoms with van der Waals surface area (Å²) in [4.78, 5) is 38.3. The summed E-state index contributed by atoms with van der Waals surface area (Å²) in [6.45, 7) is 7.10. The van der Waals surface area contributed by atoms with Crippen molar-refractivity contribution in [1.29, 1.82) is 0 Å². The summed E-state index contributed by atoms with van der Waals surface area (Å²) in [5, 5.41) is 5.79. The number of amides is 2. The van der Waals surface area contributed by atoms with Crippen LogP contribution in [0.5, 0.6) is 0 Å². The summed E-state index contributed by atoms with van der Waals surface area (Å²) in [6.07, 6.45) is 2.31. The maximum Gasteiger partial charge on any atom is 0.238 e. The Bertz CT molecular complexity index is 669. The fourth-order valence-electron chi connectivity index (χ4n) is 3.32. The third kappa shape index (κ3) is 7.05. The zero-order chi connectivity index (χ0) is 20.4. The fraction of sp³-hybridized carbons (Fsp3) is 0.571. The van der Waals surface area contributed by atoms with E-state index in [1.54, 1.807) is 24.3 Å². The van der Waals surface area contributed by atoms with Crippen molar-refractivity contribution in [3.8, 4) is 0 Å². The number of nitrogens with zero attached hydrogens (tertiary/aromatic N) is 1. The van der Waals surface area contributed by atoms with E-state index in [-0.39, 0.29) is 30.1 Å². The molecule has 1 aromatic rings. The van der Waals surface area contributed by atoms with Gasteiger partial charge in [0.05, 0.1) is 12.2 Å². The highest BCUT2D eigenvalue weighted by molar-refractivity contribution is 6.04. The number of carbonyl (C=O) groups is 3. The number of rotatable bonds is 10. The molecule has 1 saturated heterocycles. The molecule has 0 atom stereocenters.